The van der Waals surface area contributed by atoms with Crippen LogP contribution in [0.25, 0.3) is 6.08 Å². The zero-order valence-corrected chi connectivity index (χ0v) is 12.6. The van der Waals surface area contributed by atoms with Crippen molar-refractivity contribution in [2.45, 2.75) is 18.9 Å². The van der Waals surface area contributed by atoms with Crippen LogP contribution in [-0.4, -0.2) is 12.3 Å². The van der Waals surface area contributed by atoms with Gasteiger partial charge < -0.3 is 9.47 Å². The summed E-state index contributed by atoms with van der Waals surface area (Å²) in [5.41, 5.74) is 1.28. The fourth-order valence-electron chi connectivity index (χ4n) is 2.21. The molecule has 23 heavy (non-hydrogen) atoms. The summed E-state index contributed by atoms with van der Waals surface area (Å²) >= 11 is 6.03. The van der Waals surface area contributed by atoms with Crippen molar-refractivity contribution in [3.8, 4) is 11.5 Å². The molecule has 0 saturated carbocycles. The minimum atomic E-state index is -4.49. The Morgan fingerprint density at radius 2 is 1.83 bits per heavy atom. The van der Waals surface area contributed by atoms with Gasteiger partial charge >= 0.3 is 6.18 Å². The lowest BCUT2D eigenvalue weighted by atomic mass is 10.1. The van der Waals surface area contributed by atoms with Gasteiger partial charge in [0.25, 0.3) is 0 Å². The molecule has 0 N–H and O–H groups in total. The molecule has 1 aliphatic heterocycles. The highest BCUT2D eigenvalue weighted by Crippen LogP contribution is 2.42. The average molecular weight is 341 g/mol. The predicted molar refractivity (Wildman–Crippen MR) is 81.7 cm³/mol. The molecule has 0 saturated heterocycles. The zero-order chi connectivity index (χ0) is 16.4. The minimum Gasteiger partial charge on any atom is -0.485 e. The van der Waals surface area contributed by atoms with Crippen molar-refractivity contribution < 1.29 is 22.6 Å². The molecule has 0 radical (unpaired) electrons. The van der Waals surface area contributed by atoms with Gasteiger partial charge in [-0.3, -0.25) is 0 Å². The number of halogens is 4. The van der Waals surface area contributed by atoms with Crippen LogP contribution in [0.2, 0.25) is 5.02 Å². The lowest BCUT2D eigenvalue weighted by Crippen LogP contribution is -2.34. The Morgan fingerprint density at radius 3 is 2.52 bits per heavy atom. The van der Waals surface area contributed by atoms with E-state index in [9.17, 15) is 13.2 Å². The summed E-state index contributed by atoms with van der Waals surface area (Å²) in [5, 5.41) is 0.309. The Balaban J connectivity index is 1.87. The first-order valence-electron chi connectivity index (χ1n) is 6.86. The summed E-state index contributed by atoms with van der Waals surface area (Å²) in [6.45, 7) is 0.221. The largest absolute Gasteiger partial charge is 0.485 e. The summed E-state index contributed by atoms with van der Waals surface area (Å²) in [6.07, 6.45) is -4.25. The second-order valence-electron chi connectivity index (χ2n) is 5.00. The Kier molecular flexibility index (Phi) is 4.22. The van der Waals surface area contributed by atoms with Crippen LogP contribution in [0, 0.1) is 0 Å². The van der Waals surface area contributed by atoms with Gasteiger partial charge in [-0.05, 0) is 29.8 Å². The normalized spacial score (nSPS) is 16.6. The van der Waals surface area contributed by atoms with Crippen LogP contribution >= 0.6 is 11.6 Å². The summed E-state index contributed by atoms with van der Waals surface area (Å²) in [7, 11) is 0. The van der Waals surface area contributed by atoms with Crippen molar-refractivity contribution in [3.05, 3.63) is 64.7 Å². The molecule has 0 bridgehead atoms. The van der Waals surface area contributed by atoms with E-state index < -0.39 is 12.3 Å². The lowest BCUT2D eigenvalue weighted by Gasteiger charge is -2.25. The van der Waals surface area contributed by atoms with Crippen LogP contribution in [0.4, 0.5) is 13.2 Å². The van der Waals surface area contributed by atoms with Crippen molar-refractivity contribution in [1.29, 1.82) is 0 Å². The molecule has 0 spiro atoms. The highest BCUT2D eigenvalue weighted by Gasteiger charge is 2.42. The summed E-state index contributed by atoms with van der Waals surface area (Å²) < 4.78 is 49.3. The Morgan fingerprint density at radius 1 is 1.09 bits per heavy atom. The van der Waals surface area contributed by atoms with Gasteiger partial charge in [-0.2, -0.15) is 13.2 Å². The second kappa shape index (κ2) is 6.16. The van der Waals surface area contributed by atoms with Gasteiger partial charge in [-0.25, -0.2) is 0 Å². The van der Waals surface area contributed by atoms with Gasteiger partial charge in [0.15, 0.2) is 11.5 Å². The zero-order valence-electron chi connectivity index (χ0n) is 11.8. The highest BCUT2D eigenvalue weighted by atomic mass is 35.5. The van der Waals surface area contributed by atoms with Crippen LogP contribution < -0.4 is 9.47 Å². The molecule has 1 aliphatic rings. The lowest BCUT2D eigenvalue weighted by molar-refractivity contribution is -0.180. The van der Waals surface area contributed by atoms with E-state index in [1.807, 2.05) is 30.3 Å². The maximum absolute atomic E-state index is 12.9. The molecule has 120 valence electrons. The fourth-order valence-corrected chi connectivity index (χ4v) is 2.42. The number of benzene rings is 2. The maximum atomic E-state index is 12.9. The summed E-state index contributed by atoms with van der Waals surface area (Å²) in [4.78, 5) is 0. The van der Waals surface area contributed by atoms with Crippen LogP contribution in [-0.2, 0) is 6.61 Å². The number of ether oxygens (including phenoxy) is 2. The third-order valence-electron chi connectivity index (χ3n) is 3.35. The molecule has 2 nitrogen and oxygen atoms in total. The molecule has 1 heterocycles. The monoisotopic (exact) mass is 340 g/mol. The van der Waals surface area contributed by atoms with E-state index in [0.717, 1.165) is 11.6 Å². The Labute approximate surface area is 136 Å². The fraction of sp³-hybridized carbons (Fsp3) is 0.176. The number of rotatable bonds is 3. The standard InChI is InChI=1S/C17H12ClF3O2/c18-13-7-8-14(22-10-11-4-2-1-3-5-11)16-12(13)6-9-15(23-16)17(19,20)21/h1-9,15H,10H2. The van der Waals surface area contributed by atoms with Crippen LogP contribution in [0.1, 0.15) is 11.1 Å². The second-order valence-corrected chi connectivity index (χ2v) is 5.41. The van der Waals surface area contributed by atoms with Gasteiger partial charge in [0.1, 0.15) is 6.61 Å². The number of fused-ring (bicyclic) bond motifs is 1. The molecular formula is C17H12ClF3O2. The molecule has 2 aromatic rings. The van der Waals surface area contributed by atoms with Crippen molar-refractivity contribution in [1.82, 2.24) is 0 Å². The van der Waals surface area contributed by atoms with Crippen molar-refractivity contribution in [3.63, 3.8) is 0 Å². The van der Waals surface area contributed by atoms with Gasteiger partial charge in [-0.1, -0.05) is 41.9 Å². The third kappa shape index (κ3) is 3.45. The summed E-state index contributed by atoms with van der Waals surface area (Å²) in [6, 6.07) is 12.4. The SMILES string of the molecule is FC(F)(F)C1C=Cc2c(Cl)ccc(OCc3ccccc3)c2O1. The van der Waals surface area contributed by atoms with Gasteiger partial charge in [-0.15, -0.1) is 0 Å². The molecule has 3 rings (SSSR count). The first-order chi connectivity index (χ1) is 10.9. The molecule has 0 amide bonds. The predicted octanol–water partition coefficient (Wildman–Crippen LogP) is 5.26. The number of hydrogen-bond donors (Lipinski definition) is 0. The van der Waals surface area contributed by atoms with Gasteiger partial charge in [0.05, 0.1) is 5.02 Å². The van der Waals surface area contributed by atoms with E-state index in [1.165, 1.54) is 12.1 Å². The number of hydrogen-bond acceptors (Lipinski definition) is 2. The van der Waals surface area contributed by atoms with E-state index in [2.05, 4.69) is 0 Å². The Hall–Kier alpha value is -2.14. The average Bonchev–Trinajstić information content (AvgIpc) is 2.54. The van der Waals surface area contributed by atoms with Crippen LogP contribution in [0.15, 0.2) is 48.5 Å². The number of alkyl halides is 3. The molecule has 6 heteroatoms. The molecule has 0 fully saturated rings. The van der Waals surface area contributed by atoms with Crippen LogP contribution in [0.3, 0.4) is 0 Å². The topological polar surface area (TPSA) is 18.5 Å². The molecule has 1 unspecified atom stereocenters. The molecular weight excluding hydrogens is 329 g/mol. The molecule has 0 aromatic heterocycles. The summed E-state index contributed by atoms with van der Waals surface area (Å²) in [5.74, 6) is 0.241. The van der Waals surface area contributed by atoms with Crippen molar-refractivity contribution >= 4 is 17.7 Å². The third-order valence-corrected chi connectivity index (χ3v) is 3.68. The Bertz CT molecular complexity index is 727. The van der Waals surface area contributed by atoms with Crippen molar-refractivity contribution in [2.75, 3.05) is 0 Å². The molecule has 0 aliphatic carbocycles. The van der Waals surface area contributed by atoms with Crippen molar-refractivity contribution in [2.24, 2.45) is 0 Å². The smallest absolute Gasteiger partial charge is 0.429 e. The van der Waals surface area contributed by atoms with Gasteiger partial charge in [0.2, 0.25) is 6.10 Å². The van der Waals surface area contributed by atoms with E-state index in [0.29, 0.717) is 10.6 Å². The maximum Gasteiger partial charge on any atom is 0.429 e. The quantitative estimate of drug-likeness (QED) is 0.759. The first-order valence-corrected chi connectivity index (χ1v) is 7.24. The van der Waals surface area contributed by atoms with E-state index in [1.54, 1.807) is 6.07 Å². The van der Waals surface area contributed by atoms with Crippen LogP contribution in [0.5, 0.6) is 11.5 Å². The minimum absolute atomic E-state index is 0.0123. The molecule has 1 atom stereocenters. The highest BCUT2D eigenvalue weighted by molar-refractivity contribution is 6.32. The van der Waals surface area contributed by atoms with E-state index in [4.69, 9.17) is 21.1 Å². The van der Waals surface area contributed by atoms with E-state index in [-0.39, 0.29) is 18.1 Å². The first kappa shape index (κ1) is 15.7. The van der Waals surface area contributed by atoms with E-state index >= 15 is 0 Å². The van der Waals surface area contributed by atoms with Gasteiger partial charge in [0, 0.05) is 5.56 Å². The molecule has 2 aromatic carbocycles.